The second kappa shape index (κ2) is 7.65. The largest absolute Gasteiger partial charge is 0.497 e. The van der Waals surface area contributed by atoms with Gasteiger partial charge in [0.05, 0.1) is 12.6 Å². The number of nitrogens with one attached hydrogen (secondary N) is 2. The molecule has 140 valence electrons. The number of carbonyl (C=O) groups excluding carboxylic acids is 2. The van der Waals surface area contributed by atoms with E-state index < -0.39 is 0 Å². The summed E-state index contributed by atoms with van der Waals surface area (Å²) in [5, 5.41) is 6.05. The van der Waals surface area contributed by atoms with Gasteiger partial charge in [-0.2, -0.15) is 0 Å². The molecule has 0 bridgehead atoms. The van der Waals surface area contributed by atoms with Gasteiger partial charge < -0.3 is 15.4 Å². The zero-order valence-corrected chi connectivity index (χ0v) is 14.9. The molecule has 0 saturated heterocycles. The van der Waals surface area contributed by atoms with E-state index in [2.05, 4.69) is 27.2 Å². The number of ether oxygens (including phenoxy) is 1. The highest BCUT2D eigenvalue weighted by Gasteiger charge is 2.10. The van der Waals surface area contributed by atoms with Gasteiger partial charge in [0.25, 0.3) is 5.91 Å². The summed E-state index contributed by atoms with van der Waals surface area (Å²) in [5.74, 6) is 0.0428. The monoisotopic (exact) mass is 366 g/mol. The summed E-state index contributed by atoms with van der Waals surface area (Å²) in [6.45, 7) is 3.45. The van der Waals surface area contributed by atoms with E-state index in [4.69, 9.17) is 4.74 Å². The summed E-state index contributed by atoms with van der Waals surface area (Å²) in [6.07, 6.45) is 2.81. The molecule has 0 unspecified atom stereocenters. The fourth-order valence-electron chi connectivity index (χ4n) is 2.57. The highest BCUT2D eigenvalue weighted by Crippen LogP contribution is 2.30. The third-order valence-electron chi connectivity index (χ3n) is 3.94. The molecule has 1 heterocycles. The van der Waals surface area contributed by atoms with Gasteiger partial charge in [-0.25, -0.2) is 9.97 Å². The number of carbonyl (C=O) groups is 2. The Hall–Kier alpha value is -3.74. The SMILES string of the molecule is C=CC(=O)Nc1cc(OC)cc(-c2ccc3cnc(C(=O)NC)nc3c2)c1.[HH].[HH]. The van der Waals surface area contributed by atoms with Crippen LogP contribution >= 0.6 is 0 Å². The maximum atomic E-state index is 11.8. The molecule has 0 aliphatic heterocycles. The van der Waals surface area contributed by atoms with Crippen LogP contribution in [0.15, 0.2) is 55.3 Å². The third-order valence-corrected chi connectivity index (χ3v) is 3.94. The highest BCUT2D eigenvalue weighted by molar-refractivity contribution is 5.99. The predicted octanol–water partition coefficient (Wildman–Crippen LogP) is 3.28. The minimum absolute atomic E-state index is 0. The molecule has 0 radical (unpaired) electrons. The minimum atomic E-state index is -0.349. The van der Waals surface area contributed by atoms with Crippen molar-refractivity contribution in [1.29, 1.82) is 0 Å². The number of hydrogen-bond acceptors (Lipinski definition) is 5. The first-order valence-corrected chi connectivity index (χ1v) is 8.16. The normalized spacial score (nSPS) is 10.3. The van der Waals surface area contributed by atoms with Crippen LogP contribution in [0.2, 0.25) is 0 Å². The molecule has 3 aromatic rings. The van der Waals surface area contributed by atoms with Crippen LogP contribution in [0, 0.1) is 0 Å². The van der Waals surface area contributed by atoms with Crippen molar-refractivity contribution in [3.8, 4) is 16.9 Å². The maximum Gasteiger partial charge on any atom is 0.288 e. The molecular formula is C20H22N4O3. The van der Waals surface area contributed by atoms with Gasteiger partial charge in [0, 0.05) is 33.2 Å². The van der Waals surface area contributed by atoms with Crippen LogP contribution in [-0.2, 0) is 4.79 Å². The lowest BCUT2D eigenvalue weighted by atomic mass is 10.0. The van der Waals surface area contributed by atoms with E-state index in [1.54, 1.807) is 19.4 Å². The van der Waals surface area contributed by atoms with Crippen LogP contribution in [0.1, 0.15) is 13.5 Å². The summed E-state index contributed by atoms with van der Waals surface area (Å²) in [4.78, 5) is 31.8. The summed E-state index contributed by atoms with van der Waals surface area (Å²) >= 11 is 0. The minimum Gasteiger partial charge on any atom is -0.497 e. The van der Waals surface area contributed by atoms with Gasteiger partial charge in [-0.1, -0.05) is 18.7 Å². The zero-order valence-electron chi connectivity index (χ0n) is 14.9. The Morgan fingerprint density at radius 1 is 1.19 bits per heavy atom. The van der Waals surface area contributed by atoms with Gasteiger partial charge in [-0.15, -0.1) is 0 Å². The van der Waals surface area contributed by atoms with Crippen LogP contribution in [0.3, 0.4) is 0 Å². The molecule has 0 aliphatic rings. The Bertz CT molecular complexity index is 1060. The molecule has 2 aromatic carbocycles. The molecule has 0 fully saturated rings. The Labute approximate surface area is 159 Å². The molecule has 3 rings (SSSR count). The van der Waals surface area contributed by atoms with Crippen LogP contribution in [0.4, 0.5) is 5.69 Å². The van der Waals surface area contributed by atoms with Gasteiger partial charge >= 0.3 is 0 Å². The quantitative estimate of drug-likeness (QED) is 0.676. The van der Waals surface area contributed by atoms with E-state index >= 15 is 0 Å². The number of benzene rings is 2. The van der Waals surface area contributed by atoms with Crippen molar-refractivity contribution >= 4 is 28.4 Å². The zero-order chi connectivity index (χ0) is 19.4. The van der Waals surface area contributed by atoms with Gasteiger partial charge in [0.15, 0.2) is 0 Å². The van der Waals surface area contributed by atoms with Crippen molar-refractivity contribution in [3.63, 3.8) is 0 Å². The van der Waals surface area contributed by atoms with E-state index in [0.717, 1.165) is 16.5 Å². The van der Waals surface area contributed by atoms with Crippen molar-refractivity contribution in [2.75, 3.05) is 19.5 Å². The summed E-state index contributed by atoms with van der Waals surface area (Å²) in [5.41, 5.74) is 2.91. The number of fused-ring (bicyclic) bond motifs is 1. The van der Waals surface area contributed by atoms with Gasteiger partial charge in [0.2, 0.25) is 11.7 Å². The van der Waals surface area contributed by atoms with Crippen LogP contribution in [-0.4, -0.2) is 35.9 Å². The first-order valence-electron chi connectivity index (χ1n) is 8.16. The molecule has 7 nitrogen and oxygen atoms in total. The molecule has 2 amide bonds. The van der Waals surface area contributed by atoms with Crippen molar-refractivity contribution in [3.05, 3.63) is 61.1 Å². The fraction of sp³-hybridized carbons (Fsp3) is 0.100. The average molecular weight is 366 g/mol. The topological polar surface area (TPSA) is 93.2 Å². The number of nitrogens with zero attached hydrogens (tertiary/aromatic N) is 2. The summed E-state index contributed by atoms with van der Waals surface area (Å²) < 4.78 is 5.33. The number of hydrogen-bond donors (Lipinski definition) is 2. The number of rotatable bonds is 5. The average Bonchev–Trinajstić information content (AvgIpc) is 2.71. The van der Waals surface area contributed by atoms with Gasteiger partial charge in [-0.3, -0.25) is 9.59 Å². The standard InChI is InChI=1S/C20H18N4O3.2H2/c1-4-18(25)23-15-7-14(8-16(10-15)27-3)12-5-6-13-11-22-19(20(26)21-2)24-17(13)9-12;;/h4-11H,1H2,2-3H3,(H,21,26)(H,23,25);2*1H. The Kier molecular flexibility index (Phi) is 5.12. The Morgan fingerprint density at radius 2 is 2.00 bits per heavy atom. The molecule has 0 atom stereocenters. The third kappa shape index (κ3) is 3.92. The van der Waals surface area contributed by atoms with E-state index in [9.17, 15) is 9.59 Å². The van der Waals surface area contributed by atoms with Crippen molar-refractivity contribution in [1.82, 2.24) is 15.3 Å². The number of anilines is 1. The van der Waals surface area contributed by atoms with E-state index in [0.29, 0.717) is 17.0 Å². The fourth-order valence-corrected chi connectivity index (χ4v) is 2.57. The number of methoxy groups -OCH3 is 1. The van der Waals surface area contributed by atoms with E-state index in [-0.39, 0.29) is 20.5 Å². The van der Waals surface area contributed by atoms with Gasteiger partial charge in [-0.05, 0) is 35.4 Å². The molecule has 7 heteroatoms. The highest BCUT2D eigenvalue weighted by atomic mass is 16.5. The van der Waals surface area contributed by atoms with Crippen molar-refractivity contribution in [2.24, 2.45) is 0 Å². The van der Waals surface area contributed by atoms with E-state index in [1.165, 1.54) is 13.1 Å². The molecule has 2 N–H and O–H groups in total. The molecule has 0 saturated carbocycles. The molecular weight excluding hydrogens is 344 g/mol. The first kappa shape index (κ1) is 18.1. The first-order chi connectivity index (χ1) is 13.0. The molecule has 0 spiro atoms. The Morgan fingerprint density at radius 3 is 2.70 bits per heavy atom. The lowest BCUT2D eigenvalue weighted by Gasteiger charge is -2.10. The summed E-state index contributed by atoms with van der Waals surface area (Å²) in [6, 6.07) is 11.0. The maximum absolute atomic E-state index is 11.8. The summed E-state index contributed by atoms with van der Waals surface area (Å²) in [7, 11) is 3.09. The number of aromatic nitrogens is 2. The molecule has 27 heavy (non-hydrogen) atoms. The lowest BCUT2D eigenvalue weighted by Crippen LogP contribution is -2.20. The second-order valence-corrected chi connectivity index (χ2v) is 5.69. The molecule has 1 aromatic heterocycles. The Balaban J connectivity index is 0.00000210. The van der Waals surface area contributed by atoms with Crippen LogP contribution < -0.4 is 15.4 Å². The number of amides is 2. The predicted molar refractivity (Wildman–Crippen MR) is 108 cm³/mol. The van der Waals surface area contributed by atoms with Crippen LogP contribution in [0.25, 0.3) is 22.0 Å². The van der Waals surface area contributed by atoms with Gasteiger partial charge in [0.1, 0.15) is 5.75 Å². The van der Waals surface area contributed by atoms with Crippen molar-refractivity contribution in [2.45, 2.75) is 0 Å². The molecule has 0 aliphatic carbocycles. The van der Waals surface area contributed by atoms with Crippen molar-refractivity contribution < 1.29 is 17.2 Å². The lowest BCUT2D eigenvalue weighted by molar-refractivity contribution is -0.111. The van der Waals surface area contributed by atoms with E-state index in [1.807, 2.05) is 30.3 Å². The second-order valence-electron chi connectivity index (χ2n) is 5.69. The smallest absolute Gasteiger partial charge is 0.288 e. The van der Waals surface area contributed by atoms with Crippen LogP contribution in [0.5, 0.6) is 5.75 Å².